The third-order valence-electron chi connectivity index (χ3n) is 4.21. The van der Waals surface area contributed by atoms with Crippen molar-refractivity contribution in [3.63, 3.8) is 0 Å². The van der Waals surface area contributed by atoms with Crippen LogP contribution < -0.4 is 0 Å². The molecular formula is C15H26O. The first-order valence-corrected chi connectivity index (χ1v) is 6.24. The van der Waals surface area contributed by atoms with Crippen molar-refractivity contribution in [3.8, 4) is 0 Å². The number of rotatable bonds is 2. The topological polar surface area (TPSA) is 20.2 Å². The second kappa shape index (κ2) is 4.37. The number of hydrogen-bond donors (Lipinski definition) is 1. The van der Waals surface area contributed by atoms with Gasteiger partial charge in [-0.2, -0.15) is 0 Å². The lowest BCUT2D eigenvalue weighted by Crippen LogP contribution is -2.48. The summed E-state index contributed by atoms with van der Waals surface area (Å²) in [7, 11) is 0. The van der Waals surface area contributed by atoms with E-state index in [1.807, 2.05) is 6.92 Å². The lowest BCUT2D eigenvalue weighted by Gasteiger charge is -2.48. The van der Waals surface area contributed by atoms with Gasteiger partial charge in [0.25, 0.3) is 0 Å². The van der Waals surface area contributed by atoms with Crippen molar-refractivity contribution in [2.24, 2.45) is 11.3 Å². The summed E-state index contributed by atoms with van der Waals surface area (Å²) in [6.07, 6.45) is 6.48. The first-order valence-electron chi connectivity index (χ1n) is 6.24. The summed E-state index contributed by atoms with van der Waals surface area (Å²) in [5.41, 5.74) is 1.74. The smallest absolute Gasteiger partial charge is 0.0882 e. The summed E-state index contributed by atoms with van der Waals surface area (Å²) in [5, 5.41) is 10.7. The molecule has 0 heterocycles. The maximum Gasteiger partial charge on any atom is 0.0882 e. The van der Waals surface area contributed by atoms with Crippen LogP contribution in [0.2, 0.25) is 0 Å². The van der Waals surface area contributed by atoms with E-state index in [1.165, 1.54) is 5.57 Å². The van der Waals surface area contributed by atoms with Crippen LogP contribution in [-0.4, -0.2) is 10.7 Å². The molecule has 0 aromatic carbocycles. The highest BCUT2D eigenvalue weighted by Gasteiger charge is 2.46. The number of hydrogen-bond acceptors (Lipinski definition) is 1. The van der Waals surface area contributed by atoms with Gasteiger partial charge in [0.1, 0.15) is 0 Å². The van der Waals surface area contributed by atoms with E-state index in [9.17, 15) is 5.11 Å². The SMILES string of the molecule is CC(C)=CCC1(C)CC(C)C=C(C)C1(C)O. The molecule has 0 aliphatic heterocycles. The minimum Gasteiger partial charge on any atom is -0.385 e. The molecule has 3 unspecified atom stereocenters. The Balaban J connectivity index is 3.03. The first kappa shape index (κ1) is 13.5. The van der Waals surface area contributed by atoms with Gasteiger partial charge in [-0.3, -0.25) is 0 Å². The average Bonchev–Trinajstić information content (AvgIpc) is 2.12. The molecule has 0 fully saturated rings. The number of aliphatic hydroxyl groups is 1. The van der Waals surface area contributed by atoms with Crippen LogP contribution in [0.25, 0.3) is 0 Å². The standard InChI is InChI=1S/C15H26O/c1-11(2)7-8-14(5)10-12(3)9-13(4)15(14,6)16/h7,9,12,16H,8,10H2,1-6H3. The van der Waals surface area contributed by atoms with Gasteiger partial charge >= 0.3 is 0 Å². The predicted octanol–water partition coefficient (Wildman–Crippen LogP) is 4.09. The molecule has 1 aliphatic rings. The van der Waals surface area contributed by atoms with E-state index in [0.29, 0.717) is 5.92 Å². The summed E-state index contributed by atoms with van der Waals surface area (Å²) in [5.74, 6) is 0.566. The summed E-state index contributed by atoms with van der Waals surface area (Å²) in [4.78, 5) is 0. The highest BCUT2D eigenvalue weighted by molar-refractivity contribution is 5.24. The van der Waals surface area contributed by atoms with E-state index >= 15 is 0 Å². The van der Waals surface area contributed by atoms with Gasteiger partial charge in [-0.1, -0.05) is 31.6 Å². The van der Waals surface area contributed by atoms with E-state index in [0.717, 1.165) is 18.4 Å². The van der Waals surface area contributed by atoms with Gasteiger partial charge in [-0.15, -0.1) is 0 Å². The van der Waals surface area contributed by atoms with Crippen LogP contribution in [0.1, 0.15) is 54.4 Å². The van der Waals surface area contributed by atoms with Crippen LogP contribution in [-0.2, 0) is 0 Å². The third kappa shape index (κ3) is 2.40. The zero-order valence-electron chi connectivity index (χ0n) is 11.6. The molecular weight excluding hydrogens is 196 g/mol. The van der Waals surface area contributed by atoms with Gasteiger partial charge < -0.3 is 5.11 Å². The molecule has 1 aliphatic carbocycles. The summed E-state index contributed by atoms with van der Waals surface area (Å²) in [6, 6.07) is 0. The molecule has 0 aromatic heterocycles. The Hall–Kier alpha value is -0.560. The zero-order chi connectivity index (χ0) is 12.6. The maximum atomic E-state index is 10.7. The van der Waals surface area contributed by atoms with Gasteiger partial charge in [0, 0.05) is 5.41 Å². The van der Waals surface area contributed by atoms with Crippen molar-refractivity contribution in [2.45, 2.75) is 60.0 Å². The van der Waals surface area contributed by atoms with Gasteiger partial charge in [0.05, 0.1) is 5.60 Å². The van der Waals surface area contributed by atoms with Crippen molar-refractivity contribution in [2.75, 3.05) is 0 Å². The van der Waals surface area contributed by atoms with E-state index < -0.39 is 5.60 Å². The lowest BCUT2D eigenvalue weighted by molar-refractivity contribution is -0.0468. The molecule has 1 nitrogen and oxygen atoms in total. The molecule has 0 radical (unpaired) electrons. The Morgan fingerprint density at radius 3 is 2.56 bits per heavy atom. The van der Waals surface area contributed by atoms with Gasteiger partial charge in [0.15, 0.2) is 0 Å². The van der Waals surface area contributed by atoms with Crippen LogP contribution >= 0.6 is 0 Å². The molecule has 16 heavy (non-hydrogen) atoms. The highest BCUT2D eigenvalue weighted by atomic mass is 16.3. The zero-order valence-corrected chi connectivity index (χ0v) is 11.6. The van der Waals surface area contributed by atoms with E-state index in [4.69, 9.17) is 0 Å². The second-order valence-electron chi connectivity index (χ2n) is 6.15. The Bertz CT molecular complexity index is 318. The molecule has 0 spiro atoms. The highest BCUT2D eigenvalue weighted by Crippen LogP contribution is 2.48. The van der Waals surface area contributed by atoms with Crippen molar-refractivity contribution < 1.29 is 5.11 Å². The minimum atomic E-state index is -0.675. The van der Waals surface area contributed by atoms with Gasteiger partial charge in [-0.25, -0.2) is 0 Å². The normalized spacial score (nSPS) is 39.2. The molecule has 0 aromatic rings. The first-order chi connectivity index (χ1) is 7.19. The molecule has 0 saturated carbocycles. The van der Waals surface area contributed by atoms with Crippen LogP contribution in [0.4, 0.5) is 0 Å². The quantitative estimate of drug-likeness (QED) is 0.698. The van der Waals surface area contributed by atoms with Crippen LogP contribution in [0.15, 0.2) is 23.3 Å². The fraction of sp³-hybridized carbons (Fsp3) is 0.733. The van der Waals surface area contributed by atoms with Crippen LogP contribution in [0.5, 0.6) is 0 Å². The molecule has 1 N–H and O–H groups in total. The van der Waals surface area contributed by atoms with Crippen molar-refractivity contribution >= 4 is 0 Å². The molecule has 3 atom stereocenters. The minimum absolute atomic E-state index is 0.0392. The monoisotopic (exact) mass is 222 g/mol. The average molecular weight is 222 g/mol. The Kier molecular flexibility index (Phi) is 3.69. The van der Waals surface area contributed by atoms with Gasteiger partial charge in [0.2, 0.25) is 0 Å². The fourth-order valence-corrected chi connectivity index (χ4v) is 2.74. The lowest BCUT2D eigenvalue weighted by atomic mass is 9.61. The van der Waals surface area contributed by atoms with E-state index in [2.05, 4.69) is 46.8 Å². The summed E-state index contributed by atoms with van der Waals surface area (Å²) in [6.45, 7) is 12.7. The molecule has 1 heteroatoms. The Morgan fingerprint density at radius 1 is 1.50 bits per heavy atom. The second-order valence-corrected chi connectivity index (χ2v) is 6.15. The molecule has 92 valence electrons. The van der Waals surface area contributed by atoms with E-state index in [-0.39, 0.29) is 5.41 Å². The summed E-state index contributed by atoms with van der Waals surface area (Å²) < 4.78 is 0. The molecule has 0 saturated heterocycles. The third-order valence-corrected chi connectivity index (χ3v) is 4.21. The molecule has 0 bridgehead atoms. The van der Waals surface area contributed by atoms with Crippen molar-refractivity contribution in [1.29, 1.82) is 0 Å². The predicted molar refractivity (Wildman–Crippen MR) is 70.3 cm³/mol. The largest absolute Gasteiger partial charge is 0.385 e. The molecule has 0 amide bonds. The van der Waals surface area contributed by atoms with Crippen LogP contribution in [0, 0.1) is 11.3 Å². The van der Waals surface area contributed by atoms with Crippen LogP contribution in [0.3, 0.4) is 0 Å². The van der Waals surface area contributed by atoms with Crippen molar-refractivity contribution in [3.05, 3.63) is 23.3 Å². The van der Waals surface area contributed by atoms with Crippen molar-refractivity contribution in [1.82, 2.24) is 0 Å². The van der Waals surface area contributed by atoms with E-state index in [1.54, 1.807) is 0 Å². The Morgan fingerprint density at radius 2 is 2.06 bits per heavy atom. The van der Waals surface area contributed by atoms with Gasteiger partial charge in [-0.05, 0) is 52.0 Å². The summed E-state index contributed by atoms with van der Waals surface area (Å²) >= 11 is 0. The fourth-order valence-electron chi connectivity index (χ4n) is 2.74. The molecule has 1 rings (SSSR count). The maximum absolute atomic E-state index is 10.7. The number of allylic oxidation sites excluding steroid dienone is 3. The Labute approximate surface area is 100 Å².